The summed E-state index contributed by atoms with van der Waals surface area (Å²) in [6.07, 6.45) is 0.757. The Labute approximate surface area is 196 Å². The number of nitrogens with zero attached hydrogens (tertiary/aromatic N) is 2. The zero-order valence-electron chi connectivity index (χ0n) is 18.4. The number of aromatic nitrogens is 2. The normalized spacial score (nSPS) is 14.3. The molecule has 0 aliphatic carbocycles. The van der Waals surface area contributed by atoms with Crippen LogP contribution in [0.3, 0.4) is 0 Å². The number of nitrogens with one attached hydrogen (secondary N) is 2. The minimum absolute atomic E-state index is 0.0408. The molecule has 1 atom stereocenters. The van der Waals surface area contributed by atoms with E-state index in [-0.39, 0.29) is 6.61 Å². The van der Waals surface area contributed by atoms with Crippen LogP contribution in [0.5, 0.6) is 11.5 Å². The molecule has 1 aliphatic heterocycles. The minimum atomic E-state index is -0.891. The first-order valence-corrected chi connectivity index (χ1v) is 10.8. The molecule has 0 radical (unpaired) electrons. The molecule has 170 valence electrons. The van der Waals surface area contributed by atoms with Gasteiger partial charge in [-0.1, -0.05) is 54.6 Å². The van der Waals surface area contributed by atoms with Gasteiger partial charge in [-0.15, -0.1) is 0 Å². The fourth-order valence-electron chi connectivity index (χ4n) is 3.71. The van der Waals surface area contributed by atoms with E-state index >= 15 is 0 Å². The van der Waals surface area contributed by atoms with E-state index in [0.29, 0.717) is 22.8 Å². The van der Waals surface area contributed by atoms with Crippen LogP contribution < -0.4 is 20.3 Å². The zero-order valence-corrected chi connectivity index (χ0v) is 18.4. The van der Waals surface area contributed by atoms with E-state index in [0.717, 1.165) is 16.8 Å². The molecule has 1 unspecified atom stereocenters. The predicted molar refractivity (Wildman–Crippen MR) is 126 cm³/mol. The molecule has 0 fully saturated rings. The molecule has 2 N–H and O–H groups in total. The highest BCUT2D eigenvalue weighted by atomic mass is 16.6. The number of ether oxygens (including phenoxy) is 2. The summed E-state index contributed by atoms with van der Waals surface area (Å²) < 4.78 is 12.9. The Morgan fingerprint density at radius 3 is 2.41 bits per heavy atom. The highest BCUT2D eigenvalue weighted by molar-refractivity contribution is 6.01. The first-order valence-electron chi connectivity index (χ1n) is 10.8. The molecular formula is C26H22N4O4. The van der Waals surface area contributed by atoms with Crippen LogP contribution in [0.2, 0.25) is 0 Å². The Morgan fingerprint density at radius 1 is 0.912 bits per heavy atom. The van der Waals surface area contributed by atoms with E-state index in [4.69, 9.17) is 9.47 Å². The van der Waals surface area contributed by atoms with Crippen LogP contribution in [0.1, 0.15) is 15.9 Å². The predicted octanol–water partition coefficient (Wildman–Crippen LogP) is 3.45. The largest absolute Gasteiger partial charge is 0.485 e. The molecule has 2 heterocycles. The van der Waals surface area contributed by atoms with Crippen molar-refractivity contribution in [3.05, 3.63) is 96.2 Å². The van der Waals surface area contributed by atoms with Gasteiger partial charge < -0.3 is 9.47 Å². The van der Waals surface area contributed by atoms with Gasteiger partial charge in [-0.05, 0) is 36.8 Å². The topological polar surface area (TPSA) is 94.5 Å². The molecule has 0 saturated heterocycles. The fraction of sp³-hybridized carbons (Fsp3) is 0.115. The molecule has 1 aliphatic rings. The Bertz CT molecular complexity index is 1350. The number of hydrogen-bond donors (Lipinski definition) is 2. The maximum absolute atomic E-state index is 13.1. The summed E-state index contributed by atoms with van der Waals surface area (Å²) in [6.45, 7) is 2.00. The lowest BCUT2D eigenvalue weighted by Crippen LogP contribution is -2.50. The average molecular weight is 454 g/mol. The van der Waals surface area contributed by atoms with Crippen LogP contribution in [0.15, 0.2) is 85.1 Å². The van der Waals surface area contributed by atoms with E-state index < -0.39 is 17.9 Å². The molecule has 5 rings (SSSR count). The summed E-state index contributed by atoms with van der Waals surface area (Å²) in [5.41, 5.74) is 8.38. The van der Waals surface area contributed by atoms with E-state index in [1.807, 2.05) is 67.6 Å². The first kappa shape index (κ1) is 21.3. The smallest absolute Gasteiger partial charge is 0.283 e. The molecule has 0 spiro atoms. The molecule has 3 aromatic carbocycles. The number of para-hydroxylation sites is 3. The molecular weight excluding hydrogens is 432 g/mol. The maximum atomic E-state index is 13.1. The number of benzene rings is 3. The van der Waals surface area contributed by atoms with E-state index in [2.05, 4.69) is 16.0 Å². The highest BCUT2D eigenvalue weighted by Gasteiger charge is 2.28. The lowest BCUT2D eigenvalue weighted by Gasteiger charge is -2.25. The van der Waals surface area contributed by atoms with Crippen LogP contribution in [-0.2, 0) is 4.79 Å². The molecule has 34 heavy (non-hydrogen) atoms. The number of hydrogen-bond acceptors (Lipinski definition) is 5. The second-order valence-corrected chi connectivity index (χ2v) is 7.79. The summed E-state index contributed by atoms with van der Waals surface area (Å²) in [5.74, 6) is 0.0413. The van der Waals surface area contributed by atoms with Crippen LogP contribution in [0.4, 0.5) is 0 Å². The van der Waals surface area contributed by atoms with Gasteiger partial charge in [0.25, 0.3) is 11.8 Å². The molecule has 4 aromatic rings. The van der Waals surface area contributed by atoms with Crippen LogP contribution in [-0.4, -0.2) is 34.3 Å². The molecule has 0 bridgehead atoms. The Morgan fingerprint density at radius 2 is 1.62 bits per heavy atom. The Balaban J connectivity index is 1.36. The van der Waals surface area contributed by atoms with Gasteiger partial charge in [0, 0.05) is 11.8 Å². The lowest BCUT2D eigenvalue weighted by atomic mass is 10.0. The number of amides is 2. The van der Waals surface area contributed by atoms with Crippen molar-refractivity contribution in [1.29, 1.82) is 0 Å². The molecule has 2 amide bonds. The summed E-state index contributed by atoms with van der Waals surface area (Å²) in [5, 5.41) is 4.67. The summed E-state index contributed by atoms with van der Waals surface area (Å²) in [4.78, 5) is 25.8. The number of rotatable bonds is 4. The number of aryl methyl sites for hydroxylation is 1. The van der Waals surface area contributed by atoms with Crippen molar-refractivity contribution >= 4 is 11.8 Å². The van der Waals surface area contributed by atoms with Crippen molar-refractivity contribution < 1.29 is 19.1 Å². The summed E-state index contributed by atoms with van der Waals surface area (Å²) in [7, 11) is 0. The van der Waals surface area contributed by atoms with Crippen molar-refractivity contribution in [2.24, 2.45) is 0 Å². The third-order valence-corrected chi connectivity index (χ3v) is 5.48. The Kier molecular flexibility index (Phi) is 5.70. The number of fused-ring (bicyclic) bond motifs is 1. The van der Waals surface area contributed by atoms with Gasteiger partial charge in [0.15, 0.2) is 11.5 Å². The molecule has 8 nitrogen and oxygen atoms in total. The van der Waals surface area contributed by atoms with Crippen LogP contribution in [0, 0.1) is 6.92 Å². The van der Waals surface area contributed by atoms with Crippen LogP contribution in [0.25, 0.3) is 16.9 Å². The van der Waals surface area contributed by atoms with E-state index in [1.54, 1.807) is 29.1 Å². The summed E-state index contributed by atoms with van der Waals surface area (Å²) in [6, 6.07) is 24.3. The van der Waals surface area contributed by atoms with Gasteiger partial charge in [-0.25, -0.2) is 4.68 Å². The monoisotopic (exact) mass is 454 g/mol. The van der Waals surface area contributed by atoms with Crippen molar-refractivity contribution in [1.82, 2.24) is 20.6 Å². The Hall–Kier alpha value is -4.59. The van der Waals surface area contributed by atoms with Crippen LogP contribution >= 0.6 is 0 Å². The SMILES string of the molecule is Cc1ccccc1-c1nn(-c2ccccc2)cc1C(=O)NNC(=O)C1COc2ccccc2O1. The lowest BCUT2D eigenvalue weighted by molar-refractivity contribution is -0.131. The fourth-order valence-corrected chi connectivity index (χ4v) is 3.71. The van der Waals surface area contributed by atoms with Gasteiger partial charge in [-0.2, -0.15) is 5.10 Å². The van der Waals surface area contributed by atoms with Gasteiger partial charge >= 0.3 is 0 Å². The van der Waals surface area contributed by atoms with E-state index in [9.17, 15) is 9.59 Å². The average Bonchev–Trinajstić information content (AvgIpc) is 3.33. The van der Waals surface area contributed by atoms with E-state index in [1.165, 1.54) is 0 Å². The second kappa shape index (κ2) is 9.11. The standard InChI is InChI=1S/C26H22N4O4/c1-17-9-5-6-12-19(17)24-20(15-30(29-24)18-10-3-2-4-11-18)25(31)27-28-26(32)23-16-33-21-13-7-8-14-22(21)34-23/h2-15,23H,16H2,1H3,(H,27,31)(H,28,32). The zero-order chi connectivity index (χ0) is 23.5. The first-order chi connectivity index (χ1) is 16.6. The number of hydrazine groups is 1. The van der Waals surface area contributed by atoms with Crippen molar-refractivity contribution in [2.75, 3.05) is 6.61 Å². The van der Waals surface area contributed by atoms with Crippen molar-refractivity contribution in [2.45, 2.75) is 13.0 Å². The van der Waals surface area contributed by atoms with Gasteiger partial charge in [0.1, 0.15) is 12.3 Å². The molecule has 1 aromatic heterocycles. The van der Waals surface area contributed by atoms with Gasteiger partial charge in [0.05, 0.1) is 11.3 Å². The minimum Gasteiger partial charge on any atom is -0.485 e. The molecule has 8 heteroatoms. The summed E-state index contributed by atoms with van der Waals surface area (Å²) >= 11 is 0. The number of carbonyl (C=O) groups is 2. The second-order valence-electron chi connectivity index (χ2n) is 7.79. The third kappa shape index (κ3) is 4.21. The maximum Gasteiger partial charge on any atom is 0.283 e. The van der Waals surface area contributed by atoms with Gasteiger partial charge in [-0.3, -0.25) is 20.4 Å². The quantitative estimate of drug-likeness (QED) is 0.461. The number of carbonyl (C=O) groups excluding carboxylic acids is 2. The molecule has 0 saturated carbocycles. The van der Waals surface area contributed by atoms with Crippen molar-refractivity contribution in [3.63, 3.8) is 0 Å². The van der Waals surface area contributed by atoms with Crippen molar-refractivity contribution in [3.8, 4) is 28.4 Å². The van der Waals surface area contributed by atoms with Gasteiger partial charge in [0.2, 0.25) is 6.10 Å². The highest BCUT2D eigenvalue weighted by Crippen LogP contribution is 2.31. The third-order valence-electron chi connectivity index (χ3n) is 5.48.